The molecule has 0 saturated heterocycles. The minimum Gasteiger partial charge on any atom is -0.481 e. The van der Waals surface area contributed by atoms with Gasteiger partial charge in [-0.3, -0.25) is 9.69 Å². The van der Waals surface area contributed by atoms with Gasteiger partial charge in [0.15, 0.2) is 0 Å². The zero-order chi connectivity index (χ0) is 9.40. The van der Waals surface area contributed by atoms with Crippen molar-refractivity contribution in [3.63, 3.8) is 0 Å². The van der Waals surface area contributed by atoms with E-state index in [2.05, 4.69) is 4.90 Å². The van der Waals surface area contributed by atoms with Gasteiger partial charge in [0.1, 0.15) is 0 Å². The van der Waals surface area contributed by atoms with Crippen LogP contribution in [-0.4, -0.2) is 35.6 Å². The average molecular weight is 171 g/mol. The van der Waals surface area contributed by atoms with Gasteiger partial charge in [-0.1, -0.05) is 19.1 Å². The largest absolute Gasteiger partial charge is 0.481 e. The number of allylic oxidation sites excluding steroid dienone is 1. The molecule has 70 valence electrons. The van der Waals surface area contributed by atoms with E-state index in [0.29, 0.717) is 6.54 Å². The summed E-state index contributed by atoms with van der Waals surface area (Å²) in [6.45, 7) is 6.38. The summed E-state index contributed by atoms with van der Waals surface area (Å²) in [6.07, 6.45) is 4.24. The lowest BCUT2D eigenvalue weighted by Crippen LogP contribution is -2.26. The second-order valence-electron chi connectivity index (χ2n) is 2.61. The summed E-state index contributed by atoms with van der Waals surface area (Å²) >= 11 is 0. The second kappa shape index (κ2) is 6.85. The molecule has 0 aromatic rings. The summed E-state index contributed by atoms with van der Waals surface area (Å²) in [5.74, 6) is -0.728. The van der Waals surface area contributed by atoms with E-state index in [1.54, 1.807) is 0 Å². The van der Waals surface area contributed by atoms with Crippen LogP contribution in [0.2, 0.25) is 0 Å². The molecule has 12 heavy (non-hydrogen) atoms. The Balaban J connectivity index is 3.59. The van der Waals surface area contributed by atoms with E-state index in [-0.39, 0.29) is 6.42 Å². The Bertz CT molecular complexity index is 155. The molecule has 1 N–H and O–H groups in total. The van der Waals surface area contributed by atoms with Gasteiger partial charge in [-0.15, -0.1) is 0 Å². The van der Waals surface area contributed by atoms with Crippen molar-refractivity contribution in [3.8, 4) is 0 Å². The Morgan fingerprint density at radius 1 is 1.58 bits per heavy atom. The van der Waals surface area contributed by atoms with E-state index in [1.807, 2.05) is 26.0 Å². The van der Waals surface area contributed by atoms with Crippen LogP contribution in [0.4, 0.5) is 0 Å². The molecule has 0 saturated carbocycles. The molecule has 3 heteroatoms. The Morgan fingerprint density at radius 3 is 2.67 bits per heavy atom. The highest BCUT2D eigenvalue weighted by atomic mass is 16.4. The minimum atomic E-state index is -0.728. The number of carboxylic acid groups (broad SMARTS) is 1. The third-order valence-corrected chi connectivity index (χ3v) is 1.69. The first-order chi connectivity index (χ1) is 5.70. The van der Waals surface area contributed by atoms with E-state index in [0.717, 1.165) is 13.1 Å². The van der Waals surface area contributed by atoms with Crippen LogP contribution in [0.3, 0.4) is 0 Å². The third-order valence-electron chi connectivity index (χ3n) is 1.69. The van der Waals surface area contributed by atoms with Gasteiger partial charge in [-0.2, -0.15) is 0 Å². The molecule has 0 spiro atoms. The van der Waals surface area contributed by atoms with Gasteiger partial charge in [-0.25, -0.2) is 0 Å². The average Bonchev–Trinajstić information content (AvgIpc) is 2.05. The number of rotatable bonds is 6. The topological polar surface area (TPSA) is 40.5 Å². The number of hydrogen-bond donors (Lipinski definition) is 1. The van der Waals surface area contributed by atoms with Gasteiger partial charge >= 0.3 is 5.97 Å². The van der Waals surface area contributed by atoms with Crippen molar-refractivity contribution in [2.75, 3.05) is 19.6 Å². The highest BCUT2D eigenvalue weighted by Crippen LogP contribution is 1.91. The predicted octanol–water partition coefficient (Wildman–Crippen LogP) is 1.36. The normalized spacial score (nSPS) is 11.2. The van der Waals surface area contributed by atoms with Gasteiger partial charge in [0.05, 0.1) is 6.42 Å². The summed E-state index contributed by atoms with van der Waals surface area (Å²) in [7, 11) is 0. The van der Waals surface area contributed by atoms with Crippen molar-refractivity contribution in [2.24, 2.45) is 0 Å². The number of likely N-dealkylation sites (N-methyl/N-ethyl adjacent to an activating group) is 1. The molecule has 0 amide bonds. The van der Waals surface area contributed by atoms with Crippen LogP contribution in [0.15, 0.2) is 12.2 Å². The fraction of sp³-hybridized carbons (Fsp3) is 0.667. The first-order valence-corrected chi connectivity index (χ1v) is 4.26. The molecule has 0 aliphatic heterocycles. The number of hydrogen-bond acceptors (Lipinski definition) is 2. The molecule has 0 radical (unpaired) electrons. The molecule has 0 unspecified atom stereocenters. The van der Waals surface area contributed by atoms with E-state index < -0.39 is 5.97 Å². The molecule has 0 aromatic carbocycles. The molecule has 0 aliphatic carbocycles. The van der Waals surface area contributed by atoms with E-state index in [9.17, 15) is 4.79 Å². The molecule has 0 aliphatic rings. The molecule has 0 atom stereocenters. The maximum absolute atomic E-state index is 10.2. The zero-order valence-electron chi connectivity index (χ0n) is 7.79. The van der Waals surface area contributed by atoms with Crippen molar-refractivity contribution < 1.29 is 9.90 Å². The van der Waals surface area contributed by atoms with Crippen LogP contribution in [0, 0.1) is 0 Å². The summed E-state index contributed by atoms with van der Waals surface area (Å²) < 4.78 is 0. The number of carbonyl (C=O) groups is 1. The maximum atomic E-state index is 10.2. The van der Waals surface area contributed by atoms with Crippen molar-refractivity contribution >= 4 is 5.97 Å². The molecule has 0 aromatic heterocycles. The minimum absolute atomic E-state index is 0.228. The van der Waals surface area contributed by atoms with Crippen LogP contribution >= 0.6 is 0 Å². The molecule has 3 nitrogen and oxygen atoms in total. The molecule has 0 fully saturated rings. The van der Waals surface area contributed by atoms with Crippen LogP contribution in [0.25, 0.3) is 0 Å². The van der Waals surface area contributed by atoms with Crippen molar-refractivity contribution in [2.45, 2.75) is 20.3 Å². The lowest BCUT2D eigenvalue weighted by Gasteiger charge is -2.16. The third kappa shape index (κ3) is 5.92. The fourth-order valence-corrected chi connectivity index (χ4v) is 0.887. The van der Waals surface area contributed by atoms with Gasteiger partial charge in [0.25, 0.3) is 0 Å². The van der Waals surface area contributed by atoms with Crippen molar-refractivity contribution in [1.82, 2.24) is 4.90 Å². The monoisotopic (exact) mass is 171 g/mol. The van der Waals surface area contributed by atoms with Crippen molar-refractivity contribution in [1.29, 1.82) is 0 Å². The molecular weight excluding hydrogens is 154 g/mol. The van der Waals surface area contributed by atoms with E-state index in [1.165, 1.54) is 0 Å². The number of carboxylic acids is 1. The van der Waals surface area contributed by atoms with E-state index in [4.69, 9.17) is 5.11 Å². The predicted molar refractivity (Wildman–Crippen MR) is 49.2 cm³/mol. The Labute approximate surface area is 73.7 Å². The van der Waals surface area contributed by atoms with Crippen LogP contribution in [-0.2, 0) is 4.79 Å². The Kier molecular flexibility index (Phi) is 6.38. The maximum Gasteiger partial charge on any atom is 0.304 e. The highest BCUT2D eigenvalue weighted by molar-refractivity contribution is 5.66. The van der Waals surface area contributed by atoms with Gasteiger partial charge in [0.2, 0.25) is 0 Å². The second-order valence-corrected chi connectivity index (χ2v) is 2.61. The number of nitrogens with zero attached hydrogens (tertiary/aromatic N) is 1. The quantitative estimate of drug-likeness (QED) is 0.613. The lowest BCUT2D eigenvalue weighted by atomic mass is 10.3. The molecule has 0 rings (SSSR count). The van der Waals surface area contributed by atoms with Crippen molar-refractivity contribution in [3.05, 3.63) is 12.2 Å². The van der Waals surface area contributed by atoms with Crippen LogP contribution < -0.4 is 0 Å². The van der Waals surface area contributed by atoms with Crippen LogP contribution in [0.1, 0.15) is 20.3 Å². The zero-order valence-corrected chi connectivity index (χ0v) is 7.79. The summed E-state index contributed by atoms with van der Waals surface area (Å²) in [5, 5.41) is 8.44. The highest BCUT2D eigenvalue weighted by Gasteiger charge is 2.02. The first kappa shape index (κ1) is 11.2. The first-order valence-electron chi connectivity index (χ1n) is 4.26. The summed E-state index contributed by atoms with van der Waals surface area (Å²) in [4.78, 5) is 12.3. The Hall–Kier alpha value is -0.830. The smallest absolute Gasteiger partial charge is 0.304 e. The SMILES string of the molecule is C/C=C/CN(CC)CCC(=O)O. The van der Waals surface area contributed by atoms with Crippen LogP contribution in [0.5, 0.6) is 0 Å². The van der Waals surface area contributed by atoms with Gasteiger partial charge in [0, 0.05) is 13.1 Å². The fourth-order valence-electron chi connectivity index (χ4n) is 0.887. The van der Waals surface area contributed by atoms with Gasteiger partial charge < -0.3 is 5.11 Å². The lowest BCUT2D eigenvalue weighted by molar-refractivity contribution is -0.137. The van der Waals surface area contributed by atoms with E-state index >= 15 is 0 Å². The Morgan fingerprint density at radius 2 is 2.25 bits per heavy atom. The standard InChI is InChI=1S/C9H17NO2/c1-3-5-7-10(4-2)8-6-9(11)12/h3,5H,4,6-8H2,1-2H3,(H,11,12)/b5-3+. The molecule has 0 bridgehead atoms. The van der Waals surface area contributed by atoms with Gasteiger partial charge in [-0.05, 0) is 13.5 Å². The molecular formula is C9H17NO2. The molecule has 0 heterocycles. The summed E-state index contributed by atoms with van der Waals surface area (Å²) in [5.41, 5.74) is 0. The summed E-state index contributed by atoms with van der Waals surface area (Å²) in [6, 6.07) is 0. The number of aliphatic carboxylic acids is 1.